The summed E-state index contributed by atoms with van der Waals surface area (Å²) in [5.74, 6) is -2.14. The highest BCUT2D eigenvalue weighted by molar-refractivity contribution is 5.99. The number of methoxy groups -OCH3 is 3. The molecule has 2 saturated carbocycles. The molecule has 0 bridgehead atoms. The predicted molar refractivity (Wildman–Crippen MR) is 237 cm³/mol. The number of likely N-dealkylation sites (N-methyl/N-ethyl adjacent to an activating group) is 1. The van der Waals surface area contributed by atoms with Gasteiger partial charge in [-0.15, -0.1) is 5.53 Å². The summed E-state index contributed by atoms with van der Waals surface area (Å²) in [6.07, 6.45) is 5.22. The molecule has 4 heterocycles. The van der Waals surface area contributed by atoms with E-state index in [0.29, 0.717) is 43.7 Å². The second kappa shape index (κ2) is 20.5. The van der Waals surface area contributed by atoms with E-state index in [4.69, 9.17) is 37.9 Å². The van der Waals surface area contributed by atoms with Gasteiger partial charge in [-0.05, 0) is 103 Å². The Morgan fingerprint density at radius 3 is 2.30 bits per heavy atom. The number of nitrogens with zero attached hydrogens (tertiary/aromatic N) is 2. The smallest absolute Gasteiger partial charge is 0.306 e. The van der Waals surface area contributed by atoms with Gasteiger partial charge in [0, 0.05) is 56.9 Å². The molecule has 0 amide bonds. The molecule has 15 nitrogen and oxygen atoms in total. The van der Waals surface area contributed by atoms with Gasteiger partial charge in [0.05, 0.1) is 48.7 Å². The van der Waals surface area contributed by atoms with Crippen LogP contribution in [-0.2, 0) is 47.5 Å². The van der Waals surface area contributed by atoms with Crippen LogP contribution in [0.4, 0.5) is 0 Å². The van der Waals surface area contributed by atoms with Crippen molar-refractivity contribution >= 4 is 17.4 Å². The second-order valence-corrected chi connectivity index (χ2v) is 19.6. The van der Waals surface area contributed by atoms with Crippen molar-refractivity contribution in [2.45, 2.75) is 165 Å². The van der Waals surface area contributed by atoms with Crippen molar-refractivity contribution < 1.29 is 52.6 Å². The molecule has 64 heavy (non-hydrogen) atoms. The van der Waals surface area contributed by atoms with Crippen LogP contribution in [0, 0.1) is 35.5 Å². The number of hydrazine groups is 2. The lowest BCUT2D eigenvalue weighted by Gasteiger charge is -2.49. The third-order valence-electron chi connectivity index (χ3n) is 15.8. The first-order valence-corrected chi connectivity index (χ1v) is 23.9. The van der Waals surface area contributed by atoms with E-state index in [2.05, 4.69) is 43.0 Å². The molecule has 5 fully saturated rings. The highest BCUT2D eigenvalue weighted by Crippen LogP contribution is 2.58. The molecule has 0 radical (unpaired) electrons. The summed E-state index contributed by atoms with van der Waals surface area (Å²) in [7, 11) is 9.07. The molecule has 3 saturated heterocycles. The number of ether oxygens (including phenoxy) is 8. The molecule has 1 aromatic carbocycles. The van der Waals surface area contributed by atoms with Gasteiger partial charge in [0.15, 0.2) is 18.4 Å². The van der Waals surface area contributed by atoms with E-state index >= 15 is 4.79 Å². The van der Waals surface area contributed by atoms with Gasteiger partial charge < -0.3 is 53.3 Å². The Balaban J connectivity index is 1.12. The van der Waals surface area contributed by atoms with Gasteiger partial charge >= 0.3 is 5.97 Å². The van der Waals surface area contributed by atoms with Crippen LogP contribution in [0.2, 0.25) is 0 Å². The van der Waals surface area contributed by atoms with Crippen molar-refractivity contribution in [1.29, 1.82) is 0 Å². The number of ketones is 1. The molecule has 1 aromatic rings. The van der Waals surface area contributed by atoms with E-state index in [-0.39, 0.29) is 66.4 Å². The summed E-state index contributed by atoms with van der Waals surface area (Å²) in [6, 6.07) is 9.91. The van der Waals surface area contributed by atoms with Crippen molar-refractivity contribution in [3.8, 4) is 0 Å². The molecule has 3 aliphatic carbocycles. The zero-order chi connectivity index (χ0) is 45.4. The minimum absolute atomic E-state index is 0.00153. The normalized spacial score (nSPS) is 43.0. The number of esters is 1. The average Bonchev–Trinajstić information content (AvgIpc) is 4.03. The molecule has 0 spiro atoms. The molecular formula is C49H74N4O11. The minimum Gasteiger partial charge on any atom is -0.462 e. The molecule has 15 heteroatoms. The number of carbonyl (C=O) groups excluding carboxylic acids is 2. The number of Topliss-reactive ketones (excluding diaryl/α,β-unsaturated/α-hetero) is 1. The summed E-state index contributed by atoms with van der Waals surface area (Å²) in [5, 5.41) is 15.0. The van der Waals surface area contributed by atoms with Crippen LogP contribution in [0.3, 0.4) is 0 Å². The second-order valence-electron chi connectivity index (χ2n) is 19.6. The number of rotatable bonds is 11. The number of hydrogen-bond donors (Lipinski definition) is 3. The van der Waals surface area contributed by atoms with Gasteiger partial charge in [-0.3, -0.25) is 14.6 Å². The maximum Gasteiger partial charge on any atom is 0.306 e. The molecule has 8 rings (SSSR count). The first-order chi connectivity index (χ1) is 30.8. The van der Waals surface area contributed by atoms with Crippen LogP contribution >= 0.6 is 0 Å². The highest BCUT2D eigenvalue weighted by Gasteiger charge is 2.61. The summed E-state index contributed by atoms with van der Waals surface area (Å²) in [6.45, 7) is 8.06. The van der Waals surface area contributed by atoms with Gasteiger partial charge in [-0.25, -0.2) is 0 Å². The molecule has 356 valence electrons. The Morgan fingerprint density at radius 1 is 0.875 bits per heavy atom. The van der Waals surface area contributed by atoms with E-state index in [1.165, 1.54) is 0 Å². The van der Waals surface area contributed by atoms with Crippen molar-refractivity contribution in [3.05, 3.63) is 53.7 Å². The number of hydrogen-bond acceptors (Lipinski definition) is 15. The maximum absolute atomic E-state index is 15.2. The third-order valence-corrected chi connectivity index (χ3v) is 15.8. The van der Waals surface area contributed by atoms with E-state index in [1.807, 2.05) is 62.3 Å². The highest BCUT2D eigenvalue weighted by atomic mass is 16.7. The number of fused-ring (bicyclic) bond motifs is 5. The van der Waals surface area contributed by atoms with E-state index < -0.39 is 60.8 Å². The fourth-order valence-corrected chi connectivity index (χ4v) is 12.6. The predicted octanol–water partition coefficient (Wildman–Crippen LogP) is 4.98. The van der Waals surface area contributed by atoms with Crippen molar-refractivity contribution in [2.75, 3.05) is 35.4 Å². The van der Waals surface area contributed by atoms with Crippen LogP contribution in [0.1, 0.15) is 91.0 Å². The Kier molecular flexibility index (Phi) is 15.2. The topological polar surface area (TPSA) is 159 Å². The number of aliphatic hydroxyl groups excluding tert-OH is 1. The van der Waals surface area contributed by atoms with Gasteiger partial charge in [-0.1, -0.05) is 50.3 Å². The number of benzene rings is 1. The Bertz CT molecular complexity index is 1820. The monoisotopic (exact) mass is 895 g/mol. The number of cyclic esters (lactones) is 1. The number of nitrogens with one attached hydrogen (secondary N) is 2. The lowest BCUT2D eigenvalue weighted by molar-refractivity contribution is -0.314. The van der Waals surface area contributed by atoms with E-state index in [9.17, 15) is 9.90 Å². The lowest BCUT2D eigenvalue weighted by atomic mass is 9.62. The molecule has 4 aliphatic heterocycles. The fourth-order valence-electron chi connectivity index (χ4n) is 12.6. The van der Waals surface area contributed by atoms with Crippen LogP contribution in [0.25, 0.3) is 5.70 Å². The van der Waals surface area contributed by atoms with Crippen molar-refractivity contribution in [2.24, 2.45) is 35.5 Å². The van der Waals surface area contributed by atoms with Crippen molar-refractivity contribution in [1.82, 2.24) is 20.9 Å². The Hall–Kier alpha value is -2.96. The zero-order valence-electron chi connectivity index (χ0n) is 39.3. The molecular weight excluding hydrogens is 821 g/mol. The summed E-state index contributed by atoms with van der Waals surface area (Å²) in [5.41, 5.74) is 9.19. The Morgan fingerprint density at radius 2 is 1.61 bits per heavy atom. The van der Waals surface area contributed by atoms with Gasteiger partial charge in [0.25, 0.3) is 0 Å². The van der Waals surface area contributed by atoms with E-state index in [0.717, 1.165) is 30.5 Å². The van der Waals surface area contributed by atoms with Gasteiger partial charge in [-0.2, -0.15) is 0 Å². The van der Waals surface area contributed by atoms with Crippen LogP contribution in [0.15, 0.2) is 48.2 Å². The lowest BCUT2D eigenvalue weighted by Crippen LogP contribution is -2.60. The van der Waals surface area contributed by atoms with Crippen LogP contribution in [0.5, 0.6) is 0 Å². The first kappa shape index (κ1) is 47.5. The molecule has 19 atom stereocenters. The molecule has 3 N–H and O–H groups in total. The number of allylic oxidation sites excluding steroid dienone is 2. The average molecular weight is 895 g/mol. The minimum atomic E-state index is -0.929. The Labute approximate surface area is 379 Å². The van der Waals surface area contributed by atoms with Crippen LogP contribution < -0.4 is 11.0 Å². The quantitative estimate of drug-likeness (QED) is 0.255. The number of carbonyl (C=O) groups is 2. The van der Waals surface area contributed by atoms with Crippen molar-refractivity contribution in [3.63, 3.8) is 0 Å². The third kappa shape index (κ3) is 9.45. The zero-order valence-corrected chi connectivity index (χ0v) is 39.3. The summed E-state index contributed by atoms with van der Waals surface area (Å²) in [4.78, 5) is 31.4. The van der Waals surface area contributed by atoms with Crippen LogP contribution in [-0.4, -0.2) is 142 Å². The molecule has 0 aromatic heterocycles. The SMILES string of the molecule is CC[C@H]1CCC[C@H](O[C@H]2CC[C@H](N(C)C)C(C)O2)[C@@H](C)C(=O)C2=C[C@H]3[C@@H]4C[C@H](O[C@@H]5OC(C)[C@H](OC)C(OC)[C@@H]5OC)C[C@H]4C(N4C=C(c5ccccc5)NN4)C(O)[C@H]3[C@@H]2CC(=O)O1. The van der Waals surface area contributed by atoms with Gasteiger partial charge in [0.2, 0.25) is 0 Å². The fraction of sp³-hybridized carbons (Fsp3) is 0.755. The number of aliphatic hydroxyl groups is 1. The first-order valence-electron chi connectivity index (χ1n) is 23.9. The largest absolute Gasteiger partial charge is 0.462 e. The molecule has 7 aliphatic rings. The standard InChI is InChI=1S/C49H74N4O11/c1-10-30-17-14-18-39(64-41-20-19-38(52(5)6)27(3)60-41)26(2)44(55)36-23-33-32-21-31(63-49-48(59-9)47(58-8)46(57-7)28(4)61-49)22-35(32)43(45(56)42(33)34(36)24-40(54)62-30)53-25-37(50-51-53)29-15-12-11-13-16-29/h11-13,15-16,23,25-28,30-35,38-39,41-43,45-51,56H,10,14,17-22,24H2,1-9H3/t26-,27?,28?,30+,31+,32+,33+,34-,35-,38+,39+,41+,42-,43?,45?,46+,47?,48+,49+/m1/s1. The van der Waals surface area contributed by atoms with E-state index in [1.54, 1.807) is 21.3 Å². The molecule has 5 unspecified atom stereocenters. The summed E-state index contributed by atoms with van der Waals surface area (Å²) < 4.78 is 50.5. The van der Waals surface area contributed by atoms with Gasteiger partial charge in [0.1, 0.15) is 24.4 Å². The maximum atomic E-state index is 15.2. The summed E-state index contributed by atoms with van der Waals surface area (Å²) >= 11 is 0.